The topological polar surface area (TPSA) is 29.3 Å². The van der Waals surface area contributed by atoms with Crippen LogP contribution in [0.1, 0.15) is 44.9 Å². The lowest BCUT2D eigenvalue weighted by Gasteiger charge is -2.34. The van der Waals surface area contributed by atoms with Gasteiger partial charge in [0.05, 0.1) is 0 Å². The van der Waals surface area contributed by atoms with Crippen molar-refractivity contribution in [2.24, 2.45) is 17.6 Å². The fourth-order valence-corrected chi connectivity index (χ4v) is 2.64. The molecule has 20 heavy (non-hydrogen) atoms. The second-order valence-electron chi connectivity index (χ2n) is 6.50. The number of benzene rings is 1. The summed E-state index contributed by atoms with van der Waals surface area (Å²) < 4.78 is 13.4. The number of nitrogens with two attached hydrogens (primary N) is 1. The van der Waals surface area contributed by atoms with Crippen LogP contribution in [0.2, 0.25) is 0 Å². The van der Waals surface area contributed by atoms with E-state index in [1.54, 1.807) is 6.07 Å². The van der Waals surface area contributed by atoms with Crippen molar-refractivity contribution in [3.05, 3.63) is 35.1 Å². The standard InChI is InChI=1S/C17H29FN2/c1-12(2)10-20(11-13(3)4)17(9-19)15-6-7-16(18)14(5)8-15/h6-8,12-13,17H,9-11,19H2,1-5H3. The van der Waals surface area contributed by atoms with Crippen LogP contribution in [0, 0.1) is 24.6 Å². The molecule has 0 aliphatic heterocycles. The van der Waals surface area contributed by atoms with Gasteiger partial charge in [0.1, 0.15) is 5.82 Å². The van der Waals surface area contributed by atoms with Gasteiger partial charge in [0.2, 0.25) is 0 Å². The summed E-state index contributed by atoms with van der Waals surface area (Å²) in [5.41, 5.74) is 7.82. The van der Waals surface area contributed by atoms with E-state index in [0.717, 1.165) is 18.7 Å². The van der Waals surface area contributed by atoms with Gasteiger partial charge in [-0.15, -0.1) is 0 Å². The van der Waals surface area contributed by atoms with Crippen molar-refractivity contribution in [1.82, 2.24) is 4.90 Å². The fraction of sp³-hybridized carbons (Fsp3) is 0.647. The monoisotopic (exact) mass is 280 g/mol. The van der Waals surface area contributed by atoms with E-state index in [1.807, 2.05) is 19.1 Å². The van der Waals surface area contributed by atoms with Crippen molar-refractivity contribution < 1.29 is 4.39 Å². The molecular formula is C17H29FN2. The maximum atomic E-state index is 13.4. The van der Waals surface area contributed by atoms with Gasteiger partial charge in [-0.1, -0.05) is 39.8 Å². The van der Waals surface area contributed by atoms with Gasteiger partial charge in [-0.25, -0.2) is 4.39 Å². The summed E-state index contributed by atoms with van der Waals surface area (Å²) in [4.78, 5) is 2.43. The van der Waals surface area contributed by atoms with E-state index in [2.05, 4.69) is 32.6 Å². The molecular weight excluding hydrogens is 251 g/mol. The zero-order chi connectivity index (χ0) is 15.3. The van der Waals surface area contributed by atoms with Crippen molar-refractivity contribution >= 4 is 0 Å². The quantitative estimate of drug-likeness (QED) is 0.824. The summed E-state index contributed by atoms with van der Waals surface area (Å²) in [6.07, 6.45) is 0. The number of halogens is 1. The average Bonchev–Trinajstić information content (AvgIpc) is 2.33. The van der Waals surface area contributed by atoms with Crippen LogP contribution in [0.5, 0.6) is 0 Å². The molecule has 1 rings (SSSR count). The average molecular weight is 280 g/mol. The Labute approximate surface area is 123 Å². The molecule has 2 N–H and O–H groups in total. The third-order valence-electron chi connectivity index (χ3n) is 3.43. The molecule has 0 fully saturated rings. The molecule has 1 atom stereocenters. The molecule has 0 saturated carbocycles. The number of aryl methyl sites for hydroxylation is 1. The van der Waals surface area contributed by atoms with Crippen LogP contribution < -0.4 is 5.73 Å². The second kappa shape index (κ2) is 7.75. The molecule has 2 nitrogen and oxygen atoms in total. The smallest absolute Gasteiger partial charge is 0.126 e. The second-order valence-corrected chi connectivity index (χ2v) is 6.50. The van der Waals surface area contributed by atoms with Gasteiger partial charge < -0.3 is 5.73 Å². The molecule has 1 unspecified atom stereocenters. The Morgan fingerprint density at radius 3 is 2.05 bits per heavy atom. The maximum Gasteiger partial charge on any atom is 0.126 e. The van der Waals surface area contributed by atoms with Crippen molar-refractivity contribution in [2.75, 3.05) is 19.6 Å². The van der Waals surface area contributed by atoms with E-state index in [9.17, 15) is 4.39 Å². The molecule has 3 heteroatoms. The molecule has 1 aromatic rings. The third kappa shape index (κ3) is 4.88. The minimum absolute atomic E-state index is 0.149. The van der Waals surface area contributed by atoms with Gasteiger partial charge in [-0.2, -0.15) is 0 Å². The highest BCUT2D eigenvalue weighted by Crippen LogP contribution is 2.24. The lowest BCUT2D eigenvalue weighted by atomic mass is 10.00. The molecule has 1 aromatic carbocycles. The molecule has 0 spiro atoms. The Hall–Kier alpha value is -0.930. The highest BCUT2D eigenvalue weighted by molar-refractivity contribution is 5.27. The first-order chi connectivity index (χ1) is 9.35. The summed E-state index contributed by atoms with van der Waals surface area (Å²) in [7, 11) is 0. The first-order valence-electron chi connectivity index (χ1n) is 7.55. The minimum atomic E-state index is -0.149. The summed E-state index contributed by atoms with van der Waals surface area (Å²) in [5.74, 6) is 1.03. The summed E-state index contributed by atoms with van der Waals surface area (Å²) in [6, 6.07) is 5.52. The molecule has 0 amide bonds. The van der Waals surface area contributed by atoms with Crippen LogP contribution in [-0.4, -0.2) is 24.5 Å². The lowest BCUT2D eigenvalue weighted by molar-refractivity contribution is 0.160. The molecule has 0 saturated heterocycles. The highest BCUT2D eigenvalue weighted by Gasteiger charge is 2.21. The first kappa shape index (κ1) is 17.1. The number of hydrogen-bond donors (Lipinski definition) is 1. The van der Waals surface area contributed by atoms with Gasteiger partial charge in [0.15, 0.2) is 0 Å². The van der Waals surface area contributed by atoms with E-state index < -0.39 is 0 Å². The lowest BCUT2D eigenvalue weighted by Crippen LogP contribution is -2.38. The predicted molar refractivity (Wildman–Crippen MR) is 84.2 cm³/mol. The molecule has 0 radical (unpaired) electrons. The first-order valence-corrected chi connectivity index (χ1v) is 7.55. The molecule has 0 aliphatic carbocycles. The van der Waals surface area contributed by atoms with Crippen molar-refractivity contribution in [1.29, 1.82) is 0 Å². The Balaban J connectivity index is 3.01. The third-order valence-corrected chi connectivity index (χ3v) is 3.43. The summed E-state index contributed by atoms with van der Waals surface area (Å²) >= 11 is 0. The molecule has 0 bridgehead atoms. The SMILES string of the molecule is Cc1cc(C(CN)N(CC(C)C)CC(C)C)ccc1F. The Morgan fingerprint density at radius 1 is 1.10 bits per heavy atom. The number of nitrogens with zero attached hydrogens (tertiary/aromatic N) is 1. The van der Waals surface area contributed by atoms with Gasteiger partial charge in [-0.05, 0) is 36.0 Å². The number of hydrogen-bond acceptors (Lipinski definition) is 2. The summed E-state index contributed by atoms with van der Waals surface area (Å²) in [5, 5.41) is 0. The Bertz CT molecular complexity index is 405. The van der Waals surface area contributed by atoms with Crippen molar-refractivity contribution in [3.8, 4) is 0 Å². The highest BCUT2D eigenvalue weighted by atomic mass is 19.1. The van der Waals surface area contributed by atoms with E-state index in [0.29, 0.717) is 23.9 Å². The zero-order valence-electron chi connectivity index (χ0n) is 13.5. The van der Waals surface area contributed by atoms with Crippen molar-refractivity contribution in [2.45, 2.75) is 40.7 Å². The molecule has 0 aliphatic rings. The number of rotatable bonds is 7. The van der Waals surface area contributed by atoms with Crippen LogP contribution in [-0.2, 0) is 0 Å². The normalized spacial score (nSPS) is 13.5. The molecule has 114 valence electrons. The van der Waals surface area contributed by atoms with Crippen LogP contribution in [0.25, 0.3) is 0 Å². The van der Waals surface area contributed by atoms with Crippen LogP contribution >= 0.6 is 0 Å². The van der Waals surface area contributed by atoms with Gasteiger partial charge >= 0.3 is 0 Å². The van der Waals surface area contributed by atoms with E-state index in [-0.39, 0.29) is 11.9 Å². The molecule has 0 aromatic heterocycles. The van der Waals surface area contributed by atoms with E-state index in [1.165, 1.54) is 0 Å². The van der Waals surface area contributed by atoms with Gasteiger partial charge in [0, 0.05) is 25.7 Å². The largest absolute Gasteiger partial charge is 0.329 e. The minimum Gasteiger partial charge on any atom is -0.329 e. The van der Waals surface area contributed by atoms with Gasteiger partial charge in [0.25, 0.3) is 0 Å². The fourth-order valence-electron chi connectivity index (χ4n) is 2.64. The van der Waals surface area contributed by atoms with Crippen LogP contribution in [0.3, 0.4) is 0 Å². The predicted octanol–water partition coefficient (Wildman–Crippen LogP) is 3.75. The van der Waals surface area contributed by atoms with Crippen LogP contribution in [0.4, 0.5) is 4.39 Å². The zero-order valence-corrected chi connectivity index (χ0v) is 13.5. The van der Waals surface area contributed by atoms with E-state index >= 15 is 0 Å². The Morgan fingerprint density at radius 2 is 1.65 bits per heavy atom. The summed E-state index contributed by atoms with van der Waals surface area (Å²) in [6.45, 7) is 13.3. The van der Waals surface area contributed by atoms with Gasteiger partial charge in [-0.3, -0.25) is 4.90 Å². The van der Waals surface area contributed by atoms with E-state index in [4.69, 9.17) is 5.73 Å². The maximum absolute atomic E-state index is 13.4. The Kier molecular flexibility index (Phi) is 6.63. The van der Waals surface area contributed by atoms with Crippen molar-refractivity contribution in [3.63, 3.8) is 0 Å². The van der Waals surface area contributed by atoms with Crippen LogP contribution in [0.15, 0.2) is 18.2 Å². The molecule has 0 heterocycles.